The molecule has 1 amide bonds. The van der Waals surface area contributed by atoms with Gasteiger partial charge < -0.3 is 20.5 Å². The molecule has 0 aliphatic carbocycles. The van der Waals surface area contributed by atoms with E-state index < -0.39 is 0 Å². The van der Waals surface area contributed by atoms with Crippen molar-refractivity contribution in [1.29, 1.82) is 0 Å². The molecule has 1 rings (SSSR count). The second-order valence-electron chi connectivity index (χ2n) is 4.86. The normalized spacial score (nSPS) is 10.6. The average Bonchev–Trinajstić information content (AvgIpc) is 2.50. The smallest absolute Gasteiger partial charge is 0.224 e. The molecule has 0 saturated carbocycles. The Bertz CT molecular complexity index is 393. The summed E-state index contributed by atoms with van der Waals surface area (Å²) in [5.74, 6) is 0.0517. The van der Waals surface area contributed by atoms with E-state index in [2.05, 4.69) is 5.32 Å². The van der Waals surface area contributed by atoms with Gasteiger partial charge in [-0.2, -0.15) is 0 Å². The molecule has 0 fully saturated rings. The topological polar surface area (TPSA) is 73.6 Å². The van der Waals surface area contributed by atoms with E-state index in [9.17, 15) is 4.79 Å². The van der Waals surface area contributed by atoms with Crippen molar-refractivity contribution in [2.24, 2.45) is 5.73 Å². The molecule has 5 heteroatoms. The van der Waals surface area contributed by atoms with Crippen molar-refractivity contribution < 1.29 is 14.3 Å². The summed E-state index contributed by atoms with van der Waals surface area (Å²) in [7, 11) is 1.66. The zero-order valence-corrected chi connectivity index (χ0v) is 12.8. The number of carbonyl (C=O) groups is 1. The Morgan fingerprint density at radius 3 is 2.48 bits per heavy atom. The Morgan fingerprint density at radius 2 is 1.81 bits per heavy atom. The molecule has 0 aromatic heterocycles. The Hall–Kier alpha value is -1.43. The number of methoxy groups -OCH3 is 1. The van der Waals surface area contributed by atoms with E-state index in [0.717, 1.165) is 24.0 Å². The molecule has 21 heavy (non-hydrogen) atoms. The molecule has 1 aromatic rings. The number of amides is 1. The number of rotatable bonds is 11. The van der Waals surface area contributed by atoms with E-state index in [1.165, 1.54) is 0 Å². The molecule has 0 atom stereocenters. The number of hydrogen-bond acceptors (Lipinski definition) is 4. The van der Waals surface area contributed by atoms with Gasteiger partial charge in [0.15, 0.2) is 0 Å². The third-order valence-corrected chi connectivity index (χ3v) is 3.09. The minimum absolute atomic E-state index is 0.0517. The van der Waals surface area contributed by atoms with Crippen LogP contribution in [0.3, 0.4) is 0 Å². The summed E-state index contributed by atoms with van der Waals surface area (Å²) in [6.45, 7) is 3.17. The lowest BCUT2D eigenvalue weighted by Gasteiger charge is -2.06. The lowest BCUT2D eigenvalue weighted by atomic mass is 10.1. The van der Waals surface area contributed by atoms with Crippen molar-refractivity contribution in [3.05, 3.63) is 35.4 Å². The fraction of sp³-hybridized carbons (Fsp3) is 0.562. The molecule has 1 aromatic carbocycles. The highest BCUT2D eigenvalue weighted by atomic mass is 16.5. The number of carbonyl (C=O) groups excluding carboxylic acids is 1. The lowest BCUT2D eigenvalue weighted by molar-refractivity contribution is -0.120. The minimum atomic E-state index is 0.0517. The highest BCUT2D eigenvalue weighted by Crippen LogP contribution is 2.04. The van der Waals surface area contributed by atoms with E-state index in [4.69, 9.17) is 15.2 Å². The fourth-order valence-corrected chi connectivity index (χ4v) is 1.84. The van der Waals surface area contributed by atoms with Crippen molar-refractivity contribution in [2.75, 3.05) is 33.5 Å². The molecule has 5 nitrogen and oxygen atoms in total. The van der Waals surface area contributed by atoms with Crippen LogP contribution in [0, 0.1) is 0 Å². The van der Waals surface area contributed by atoms with E-state index in [1.54, 1.807) is 7.11 Å². The summed E-state index contributed by atoms with van der Waals surface area (Å²) in [5, 5.41) is 2.92. The Morgan fingerprint density at radius 1 is 1.10 bits per heavy atom. The van der Waals surface area contributed by atoms with Crippen LogP contribution in [-0.4, -0.2) is 39.4 Å². The molecule has 0 heterocycles. The quantitative estimate of drug-likeness (QED) is 0.602. The summed E-state index contributed by atoms with van der Waals surface area (Å²) in [6, 6.07) is 7.82. The van der Waals surface area contributed by atoms with Crippen LogP contribution in [0.25, 0.3) is 0 Å². The van der Waals surface area contributed by atoms with Crippen molar-refractivity contribution >= 4 is 5.91 Å². The average molecular weight is 294 g/mol. The van der Waals surface area contributed by atoms with Crippen LogP contribution >= 0.6 is 0 Å². The van der Waals surface area contributed by atoms with Crippen molar-refractivity contribution in [2.45, 2.75) is 25.8 Å². The van der Waals surface area contributed by atoms with Crippen LogP contribution in [0.4, 0.5) is 0 Å². The maximum absolute atomic E-state index is 11.8. The molecule has 0 unspecified atom stereocenters. The van der Waals surface area contributed by atoms with E-state index in [0.29, 0.717) is 39.3 Å². The number of benzene rings is 1. The van der Waals surface area contributed by atoms with Gasteiger partial charge in [0.25, 0.3) is 0 Å². The summed E-state index contributed by atoms with van der Waals surface area (Å²) in [6.07, 6.45) is 2.27. The van der Waals surface area contributed by atoms with Crippen molar-refractivity contribution in [3.63, 3.8) is 0 Å². The summed E-state index contributed by atoms with van der Waals surface area (Å²) >= 11 is 0. The summed E-state index contributed by atoms with van der Waals surface area (Å²) in [5.41, 5.74) is 7.62. The third-order valence-electron chi connectivity index (χ3n) is 3.09. The Labute approximate surface area is 126 Å². The second kappa shape index (κ2) is 11.3. The molecule has 0 aliphatic heterocycles. The first kappa shape index (κ1) is 17.6. The molecule has 3 N–H and O–H groups in total. The van der Waals surface area contributed by atoms with Crippen molar-refractivity contribution in [3.8, 4) is 0 Å². The molecular formula is C16H26N2O3. The van der Waals surface area contributed by atoms with Gasteiger partial charge in [0.1, 0.15) is 0 Å². The molecule has 0 radical (unpaired) electrons. The van der Waals surface area contributed by atoms with Crippen LogP contribution < -0.4 is 11.1 Å². The molecule has 0 saturated heterocycles. The molecule has 0 aliphatic rings. The highest BCUT2D eigenvalue weighted by molar-refractivity contribution is 5.78. The summed E-state index contributed by atoms with van der Waals surface area (Å²) in [4.78, 5) is 11.8. The first-order chi connectivity index (χ1) is 10.3. The van der Waals surface area contributed by atoms with Crippen LogP contribution in [0.1, 0.15) is 24.0 Å². The monoisotopic (exact) mass is 294 g/mol. The van der Waals surface area contributed by atoms with Gasteiger partial charge in [0.2, 0.25) is 5.91 Å². The number of nitrogens with one attached hydrogen (secondary N) is 1. The fourth-order valence-electron chi connectivity index (χ4n) is 1.84. The third kappa shape index (κ3) is 8.45. The molecule has 118 valence electrons. The van der Waals surface area contributed by atoms with Gasteiger partial charge in [-0.3, -0.25) is 4.79 Å². The number of hydrogen-bond donors (Lipinski definition) is 2. The molecular weight excluding hydrogens is 268 g/mol. The number of unbranched alkanes of at least 4 members (excludes halogenated alkanes) is 1. The maximum atomic E-state index is 11.8. The minimum Gasteiger partial charge on any atom is -0.382 e. The van der Waals surface area contributed by atoms with E-state index in [1.807, 2.05) is 24.3 Å². The predicted octanol–water partition coefficient (Wildman–Crippen LogP) is 1.25. The SMILES string of the molecule is COCCOCCCCNC(=O)Cc1ccc(CN)cc1. The van der Waals surface area contributed by atoms with Gasteiger partial charge in [0, 0.05) is 26.8 Å². The van der Waals surface area contributed by atoms with Gasteiger partial charge in [-0.05, 0) is 24.0 Å². The predicted molar refractivity (Wildman–Crippen MR) is 83.0 cm³/mol. The van der Waals surface area contributed by atoms with Crippen LogP contribution in [0.2, 0.25) is 0 Å². The first-order valence-corrected chi connectivity index (χ1v) is 7.37. The Balaban J connectivity index is 2.05. The standard InChI is InChI=1S/C16H26N2O3/c1-20-10-11-21-9-3-2-8-18-16(19)12-14-4-6-15(13-17)7-5-14/h4-7H,2-3,8-13,17H2,1H3,(H,18,19). The van der Waals surface area contributed by atoms with Crippen LogP contribution in [0.5, 0.6) is 0 Å². The number of ether oxygens (including phenoxy) is 2. The summed E-state index contributed by atoms with van der Waals surface area (Å²) < 4.78 is 10.2. The first-order valence-electron chi connectivity index (χ1n) is 7.37. The van der Waals surface area contributed by atoms with E-state index >= 15 is 0 Å². The van der Waals surface area contributed by atoms with Gasteiger partial charge in [-0.1, -0.05) is 24.3 Å². The van der Waals surface area contributed by atoms with Gasteiger partial charge in [-0.25, -0.2) is 0 Å². The molecule has 0 bridgehead atoms. The maximum Gasteiger partial charge on any atom is 0.224 e. The second-order valence-corrected chi connectivity index (χ2v) is 4.86. The highest BCUT2D eigenvalue weighted by Gasteiger charge is 2.02. The van der Waals surface area contributed by atoms with E-state index in [-0.39, 0.29) is 5.91 Å². The molecule has 0 spiro atoms. The van der Waals surface area contributed by atoms with Gasteiger partial charge in [-0.15, -0.1) is 0 Å². The number of nitrogens with two attached hydrogens (primary N) is 1. The lowest BCUT2D eigenvalue weighted by Crippen LogP contribution is -2.26. The van der Waals surface area contributed by atoms with Crippen LogP contribution in [0.15, 0.2) is 24.3 Å². The van der Waals surface area contributed by atoms with Gasteiger partial charge >= 0.3 is 0 Å². The largest absolute Gasteiger partial charge is 0.382 e. The van der Waals surface area contributed by atoms with Crippen LogP contribution in [-0.2, 0) is 27.2 Å². The van der Waals surface area contributed by atoms with Crippen molar-refractivity contribution in [1.82, 2.24) is 5.32 Å². The Kier molecular flexibility index (Phi) is 9.44. The zero-order chi connectivity index (χ0) is 15.3. The zero-order valence-electron chi connectivity index (χ0n) is 12.8. The van der Waals surface area contributed by atoms with Gasteiger partial charge in [0.05, 0.1) is 19.6 Å².